The number of thiazole rings is 1. The van der Waals surface area contributed by atoms with Gasteiger partial charge >= 0.3 is 0 Å². The van der Waals surface area contributed by atoms with Crippen molar-refractivity contribution in [1.82, 2.24) is 4.98 Å². The molecule has 0 aromatic carbocycles. The van der Waals surface area contributed by atoms with Crippen molar-refractivity contribution in [3.63, 3.8) is 0 Å². The van der Waals surface area contributed by atoms with Gasteiger partial charge in [-0.05, 0) is 37.1 Å². The van der Waals surface area contributed by atoms with Crippen LogP contribution in [0.5, 0.6) is 0 Å². The van der Waals surface area contributed by atoms with Crippen molar-refractivity contribution in [2.24, 2.45) is 0 Å². The third-order valence-corrected chi connectivity index (χ3v) is 4.75. The molecule has 18 heavy (non-hydrogen) atoms. The van der Waals surface area contributed by atoms with Gasteiger partial charge in [-0.2, -0.15) is 0 Å². The van der Waals surface area contributed by atoms with Gasteiger partial charge in [0.2, 0.25) is 0 Å². The molecule has 0 unspecified atom stereocenters. The highest BCUT2D eigenvalue weighted by Crippen LogP contribution is 2.29. The van der Waals surface area contributed by atoms with E-state index in [-0.39, 0.29) is 18.3 Å². The number of fused-ring (bicyclic) bond motifs is 1. The second-order valence-corrected chi connectivity index (χ2v) is 6.06. The average Bonchev–Trinajstić information content (AvgIpc) is 2.97. The highest BCUT2D eigenvalue weighted by Gasteiger charge is 2.16. The zero-order valence-corrected chi connectivity index (χ0v) is 12.1. The molecule has 0 saturated heterocycles. The smallest absolute Gasteiger partial charge is 0.267 e. The molecule has 6 heteroatoms. The highest BCUT2D eigenvalue weighted by molar-refractivity contribution is 7.16. The van der Waals surface area contributed by atoms with Gasteiger partial charge in [-0.15, -0.1) is 35.1 Å². The molecule has 3 nitrogen and oxygen atoms in total. The molecule has 1 amide bonds. The van der Waals surface area contributed by atoms with E-state index in [0.29, 0.717) is 0 Å². The zero-order chi connectivity index (χ0) is 11.7. The molecule has 2 heterocycles. The number of carbonyl (C=O) groups excluding carboxylic acids is 1. The lowest BCUT2D eigenvalue weighted by Crippen LogP contribution is -2.09. The van der Waals surface area contributed by atoms with Gasteiger partial charge in [0.1, 0.15) is 0 Å². The number of hydrogen-bond donors (Lipinski definition) is 1. The Labute approximate surface area is 120 Å². The molecule has 0 atom stereocenters. The summed E-state index contributed by atoms with van der Waals surface area (Å²) in [6, 6.07) is 3.71. The number of hydrogen-bond acceptors (Lipinski definition) is 4. The Morgan fingerprint density at radius 3 is 2.89 bits per heavy atom. The predicted octanol–water partition coefficient (Wildman–Crippen LogP) is 3.76. The molecule has 2 aromatic rings. The number of thiophene rings is 1. The first-order valence-corrected chi connectivity index (χ1v) is 7.36. The van der Waals surface area contributed by atoms with Crippen LogP contribution in [0.1, 0.15) is 33.1 Å². The van der Waals surface area contributed by atoms with Crippen LogP contribution in [0.15, 0.2) is 17.5 Å². The topological polar surface area (TPSA) is 42.0 Å². The number of anilines is 1. The van der Waals surface area contributed by atoms with Crippen LogP contribution < -0.4 is 5.32 Å². The molecule has 0 bridgehead atoms. The van der Waals surface area contributed by atoms with Crippen LogP contribution in [0, 0.1) is 0 Å². The van der Waals surface area contributed by atoms with Gasteiger partial charge in [-0.1, -0.05) is 6.07 Å². The summed E-state index contributed by atoms with van der Waals surface area (Å²) in [5, 5.41) is 5.53. The molecule has 96 valence electrons. The number of rotatable bonds is 2. The van der Waals surface area contributed by atoms with Crippen molar-refractivity contribution >= 4 is 46.1 Å². The largest absolute Gasteiger partial charge is 0.297 e. The third kappa shape index (κ3) is 2.74. The van der Waals surface area contributed by atoms with Crippen molar-refractivity contribution in [2.45, 2.75) is 25.7 Å². The first kappa shape index (κ1) is 13.5. The zero-order valence-electron chi connectivity index (χ0n) is 9.64. The maximum absolute atomic E-state index is 11.9. The van der Waals surface area contributed by atoms with Crippen molar-refractivity contribution in [1.29, 1.82) is 0 Å². The Hall–Kier alpha value is -0.910. The summed E-state index contributed by atoms with van der Waals surface area (Å²) in [7, 11) is 0. The summed E-state index contributed by atoms with van der Waals surface area (Å²) < 4.78 is 0. The Balaban J connectivity index is 0.00000120. The molecule has 3 rings (SSSR count). The molecule has 0 spiro atoms. The summed E-state index contributed by atoms with van der Waals surface area (Å²) >= 11 is 3.07. The molecule has 0 saturated carbocycles. The second-order valence-electron chi connectivity index (χ2n) is 4.03. The summed E-state index contributed by atoms with van der Waals surface area (Å²) in [4.78, 5) is 18.4. The van der Waals surface area contributed by atoms with E-state index in [9.17, 15) is 4.79 Å². The summed E-state index contributed by atoms with van der Waals surface area (Å²) in [6.07, 6.45) is 4.63. The predicted molar refractivity (Wildman–Crippen MR) is 78.3 cm³/mol. The van der Waals surface area contributed by atoms with Gasteiger partial charge in [-0.3, -0.25) is 10.1 Å². The average molecular weight is 301 g/mol. The fourth-order valence-corrected chi connectivity index (χ4v) is 3.64. The Kier molecular flexibility index (Phi) is 4.37. The lowest BCUT2D eigenvalue weighted by atomic mass is 10.0. The standard InChI is InChI=1S/C12H12N2OS2.ClH/c15-11(10-6-3-7-16-10)14-12-13-8-4-1-2-5-9(8)17-12;/h3,6-7H,1-2,4-5H2,(H,13,14,15);1H. The molecule has 1 aliphatic rings. The van der Waals surface area contributed by atoms with E-state index in [1.165, 1.54) is 34.7 Å². The van der Waals surface area contributed by atoms with Crippen LogP contribution in [-0.4, -0.2) is 10.9 Å². The van der Waals surface area contributed by atoms with Crippen molar-refractivity contribution in [3.05, 3.63) is 33.0 Å². The van der Waals surface area contributed by atoms with Crippen LogP contribution in [0.4, 0.5) is 5.13 Å². The van der Waals surface area contributed by atoms with Gasteiger partial charge in [0.05, 0.1) is 10.6 Å². The van der Waals surface area contributed by atoms with E-state index in [1.54, 1.807) is 11.3 Å². The van der Waals surface area contributed by atoms with Gasteiger partial charge in [0.15, 0.2) is 5.13 Å². The third-order valence-electron chi connectivity index (χ3n) is 2.81. The maximum Gasteiger partial charge on any atom is 0.267 e. The number of nitrogens with one attached hydrogen (secondary N) is 1. The van der Waals surface area contributed by atoms with E-state index >= 15 is 0 Å². The van der Waals surface area contributed by atoms with Crippen molar-refractivity contribution < 1.29 is 4.79 Å². The molecule has 0 aliphatic heterocycles. The Bertz CT molecular complexity index is 513. The van der Waals surface area contributed by atoms with Gasteiger partial charge in [0, 0.05) is 4.88 Å². The minimum Gasteiger partial charge on any atom is -0.297 e. The SMILES string of the molecule is Cl.O=C(Nc1nc2c(s1)CCCC2)c1cccs1. The molecule has 1 N–H and O–H groups in total. The molecule has 0 radical (unpaired) electrons. The molecular formula is C12H13ClN2OS2. The first-order valence-electron chi connectivity index (χ1n) is 5.66. The van der Waals surface area contributed by atoms with E-state index in [0.717, 1.165) is 22.9 Å². The van der Waals surface area contributed by atoms with E-state index in [1.807, 2.05) is 17.5 Å². The number of nitrogens with zero attached hydrogens (tertiary/aromatic N) is 1. The van der Waals surface area contributed by atoms with Crippen LogP contribution in [0.3, 0.4) is 0 Å². The van der Waals surface area contributed by atoms with Crippen molar-refractivity contribution in [3.8, 4) is 0 Å². The van der Waals surface area contributed by atoms with E-state index in [2.05, 4.69) is 10.3 Å². The summed E-state index contributed by atoms with van der Waals surface area (Å²) in [6.45, 7) is 0. The van der Waals surface area contributed by atoms with E-state index in [4.69, 9.17) is 0 Å². The number of amides is 1. The molecule has 0 fully saturated rings. The van der Waals surface area contributed by atoms with Crippen LogP contribution in [0.2, 0.25) is 0 Å². The fraction of sp³-hybridized carbons (Fsp3) is 0.333. The highest BCUT2D eigenvalue weighted by atomic mass is 35.5. The van der Waals surface area contributed by atoms with Gasteiger partial charge < -0.3 is 0 Å². The first-order chi connectivity index (χ1) is 8.33. The maximum atomic E-state index is 11.9. The summed E-state index contributed by atoms with van der Waals surface area (Å²) in [5.74, 6) is -0.0499. The number of aryl methyl sites for hydroxylation is 2. The molecule has 2 aromatic heterocycles. The normalized spacial score (nSPS) is 13.6. The van der Waals surface area contributed by atoms with Gasteiger partial charge in [-0.25, -0.2) is 4.98 Å². The van der Waals surface area contributed by atoms with Crippen LogP contribution in [-0.2, 0) is 12.8 Å². The second kappa shape index (κ2) is 5.82. The van der Waals surface area contributed by atoms with Gasteiger partial charge in [0.25, 0.3) is 5.91 Å². The molecule has 1 aliphatic carbocycles. The number of halogens is 1. The van der Waals surface area contributed by atoms with Crippen LogP contribution in [0.25, 0.3) is 0 Å². The van der Waals surface area contributed by atoms with E-state index < -0.39 is 0 Å². The molecular weight excluding hydrogens is 288 g/mol. The number of aromatic nitrogens is 1. The Morgan fingerprint density at radius 1 is 1.33 bits per heavy atom. The quantitative estimate of drug-likeness (QED) is 0.917. The minimum atomic E-state index is -0.0499. The fourth-order valence-electron chi connectivity index (χ4n) is 1.97. The summed E-state index contributed by atoms with van der Waals surface area (Å²) in [5.41, 5.74) is 1.18. The van der Waals surface area contributed by atoms with Crippen molar-refractivity contribution in [2.75, 3.05) is 5.32 Å². The monoisotopic (exact) mass is 300 g/mol. The lowest BCUT2D eigenvalue weighted by Gasteiger charge is -2.06. The Morgan fingerprint density at radius 2 is 2.17 bits per heavy atom. The minimum absolute atomic E-state index is 0. The number of carbonyl (C=O) groups is 1. The lowest BCUT2D eigenvalue weighted by molar-refractivity contribution is 0.103. The van der Waals surface area contributed by atoms with Crippen LogP contribution >= 0.6 is 35.1 Å².